The highest BCUT2D eigenvalue weighted by atomic mass is 32.1. The summed E-state index contributed by atoms with van der Waals surface area (Å²) >= 11 is 5.14. The molecule has 0 bridgehead atoms. The van der Waals surface area contributed by atoms with E-state index in [1.165, 1.54) is 0 Å². The molecular formula is C16H22N2O2S. The molecule has 1 aromatic rings. The number of amides is 1. The van der Waals surface area contributed by atoms with Gasteiger partial charge in [0, 0.05) is 6.54 Å². The molecule has 1 aliphatic rings. The van der Waals surface area contributed by atoms with Gasteiger partial charge in [-0.05, 0) is 25.8 Å². The lowest BCUT2D eigenvalue weighted by Gasteiger charge is -2.43. The van der Waals surface area contributed by atoms with E-state index in [1.54, 1.807) is 0 Å². The lowest BCUT2D eigenvalue weighted by molar-refractivity contribution is -0.148. The first kappa shape index (κ1) is 15.9. The highest BCUT2D eigenvalue weighted by molar-refractivity contribution is 7.80. The van der Waals surface area contributed by atoms with Crippen molar-refractivity contribution in [3.05, 3.63) is 35.9 Å². The van der Waals surface area contributed by atoms with Crippen molar-refractivity contribution in [1.82, 2.24) is 4.90 Å². The van der Waals surface area contributed by atoms with E-state index in [4.69, 9.17) is 22.7 Å². The number of carbonyl (C=O) groups is 1. The van der Waals surface area contributed by atoms with Crippen LogP contribution in [-0.4, -0.2) is 41.1 Å². The highest BCUT2D eigenvalue weighted by Crippen LogP contribution is 2.23. The third-order valence-corrected chi connectivity index (χ3v) is 4.12. The zero-order chi connectivity index (χ0) is 15.5. The smallest absolute Gasteiger partial charge is 0.233 e. The fourth-order valence-corrected chi connectivity index (χ4v) is 2.80. The molecule has 1 fully saturated rings. The van der Waals surface area contributed by atoms with Gasteiger partial charge in [0.2, 0.25) is 5.91 Å². The first-order chi connectivity index (χ1) is 9.92. The van der Waals surface area contributed by atoms with Crippen molar-refractivity contribution < 1.29 is 9.53 Å². The predicted molar refractivity (Wildman–Crippen MR) is 87.0 cm³/mol. The van der Waals surface area contributed by atoms with Gasteiger partial charge in [0.25, 0.3) is 0 Å². The van der Waals surface area contributed by atoms with Gasteiger partial charge in [0.05, 0.1) is 29.7 Å². The number of ether oxygens (including phenoxy) is 1. The van der Waals surface area contributed by atoms with Crippen LogP contribution in [0.1, 0.15) is 19.4 Å². The van der Waals surface area contributed by atoms with E-state index in [1.807, 2.05) is 49.1 Å². The predicted octanol–water partition coefficient (Wildman–Crippen LogP) is 1.77. The summed E-state index contributed by atoms with van der Waals surface area (Å²) in [4.78, 5) is 15.0. The van der Waals surface area contributed by atoms with Crippen molar-refractivity contribution in [2.75, 3.05) is 19.8 Å². The number of nitrogens with two attached hydrogens (primary N) is 1. The van der Waals surface area contributed by atoms with Gasteiger partial charge in [-0.15, -0.1) is 0 Å². The van der Waals surface area contributed by atoms with Crippen LogP contribution in [0.5, 0.6) is 0 Å². The van der Waals surface area contributed by atoms with Crippen molar-refractivity contribution in [3.63, 3.8) is 0 Å². The van der Waals surface area contributed by atoms with Gasteiger partial charge in [-0.25, -0.2) is 0 Å². The zero-order valence-corrected chi connectivity index (χ0v) is 13.4. The largest absolute Gasteiger partial charge is 0.393 e. The third kappa shape index (κ3) is 3.80. The van der Waals surface area contributed by atoms with Gasteiger partial charge < -0.3 is 15.4 Å². The second kappa shape index (κ2) is 6.54. The van der Waals surface area contributed by atoms with Crippen LogP contribution in [-0.2, 0) is 16.0 Å². The fraction of sp³-hybridized carbons (Fsp3) is 0.500. The zero-order valence-electron chi connectivity index (χ0n) is 12.5. The quantitative estimate of drug-likeness (QED) is 0.861. The Kier molecular flexibility index (Phi) is 4.96. The minimum absolute atomic E-state index is 0.000321. The van der Waals surface area contributed by atoms with Crippen molar-refractivity contribution >= 4 is 23.1 Å². The maximum absolute atomic E-state index is 12.9. The van der Waals surface area contributed by atoms with Crippen LogP contribution in [0.2, 0.25) is 0 Å². The number of nitrogens with zero attached hydrogens (tertiary/aromatic N) is 1. The second-order valence-corrected chi connectivity index (χ2v) is 6.47. The molecule has 1 atom stereocenters. The van der Waals surface area contributed by atoms with E-state index in [2.05, 4.69) is 0 Å². The molecule has 1 aliphatic heterocycles. The first-order valence-electron chi connectivity index (χ1n) is 7.14. The molecular weight excluding hydrogens is 284 g/mol. The summed E-state index contributed by atoms with van der Waals surface area (Å²) < 4.78 is 5.47. The Bertz CT molecular complexity index is 516. The van der Waals surface area contributed by atoms with E-state index >= 15 is 0 Å². The summed E-state index contributed by atoms with van der Waals surface area (Å²) in [6.45, 7) is 5.69. The van der Waals surface area contributed by atoms with Crippen molar-refractivity contribution in [3.8, 4) is 0 Å². The molecule has 1 amide bonds. The minimum Gasteiger partial charge on any atom is -0.393 e. The Morgan fingerprint density at radius 1 is 1.43 bits per heavy atom. The van der Waals surface area contributed by atoms with Crippen LogP contribution >= 0.6 is 12.2 Å². The Morgan fingerprint density at radius 3 is 2.67 bits per heavy atom. The fourth-order valence-electron chi connectivity index (χ4n) is 2.61. The van der Waals surface area contributed by atoms with Crippen molar-refractivity contribution in [2.24, 2.45) is 11.7 Å². The van der Waals surface area contributed by atoms with Crippen molar-refractivity contribution in [1.29, 1.82) is 0 Å². The molecule has 1 saturated heterocycles. The minimum atomic E-state index is -0.459. The van der Waals surface area contributed by atoms with Crippen LogP contribution < -0.4 is 5.73 Å². The molecule has 4 nitrogen and oxygen atoms in total. The lowest BCUT2D eigenvalue weighted by Crippen LogP contribution is -2.58. The van der Waals surface area contributed by atoms with Crippen LogP contribution in [0.3, 0.4) is 0 Å². The van der Waals surface area contributed by atoms with Crippen LogP contribution in [0, 0.1) is 5.92 Å². The number of carbonyl (C=O) groups excluding carboxylic acids is 1. The Balaban J connectivity index is 2.18. The van der Waals surface area contributed by atoms with Gasteiger partial charge in [-0.1, -0.05) is 42.5 Å². The molecule has 1 aromatic carbocycles. The molecule has 0 spiro atoms. The topological polar surface area (TPSA) is 55.6 Å². The summed E-state index contributed by atoms with van der Waals surface area (Å²) in [7, 11) is 0. The molecule has 0 aliphatic carbocycles. The maximum atomic E-state index is 12.9. The van der Waals surface area contributed by atoms with Gasteiger partial charge >= 0.3 is 0 Å². The Labute approximate surface area is 131 Å². The van der Waals surface area contributed by atoms with E-state index in [0.29, 0.717) is 26.2 Å². The summed E-state index contributed by atoms with van der Waals surface area (Å²) in [6, 6.07) is 9.84. The molecule has 1 unspecified atom stereocenters. The van der Waals surface area contributed by atoms with Gasteiger partial charge in [0.1, 0.15) is 0 Å². The summed E-state index contributed by atoms with van der Waals surface area (Å²) in [5.41, 5.74) is 6.57. The van der Waals surface area contributed by atoms with E-state index in [9.17, 15) is 4.79 Å². The molecule has 5 heteroatoms. The monoisotopic (exact) mass is 306 g/mol. The van der Waals surface area contributed by atoms with E-state index < -0.39 is 5.92 Å². The maximum Gasteiger partial charge on any atom is 0.233 e. The van der Waals surface area contributed by atoms with Crippen molar-refractivity contribution in [2.45, 2.75) is 25.8 Å². The highest BCUT2D eigenvalue weighted by Gasteiger charge is 2.38. The SMILES string of the molecule is CC1(C)COCCN1C(=O)C(Cc1ccccc1)C(N)=S. The van der Waals surface area contributed by atoms with Gasteiger partial charge in [0.15, 0.2) is 0 Å². The number of benzene rings is 1. The summed E-state index contributed by atoms with van der Waals surface area (Å²) in [5, 5.41) is 0. The van der Waals surface area contributed by atoms with Gasteiger partial charge in [-0.2, -0.15) is 0 Å². The first-order valence-corrected chi connectivity index (χ1v) is 7.55. The molecule has 21 heavy (non-hydrogen) atoms. The number of hydrogen-bond acceptors (Lipinski definition) is 3. The van der Waals surface area contributed by atoms with E-state index in [-0.39, 0.29) is 16.4 Å². The number of hydrogen-bond donors (Lipinski definition) is 1. The standard InChI is InChI=1S/C16H22N2O2S/c1-16(2)11-20-9-8-18(16)15(19)13(14(17)21)10-12-6-4-3-5-7-12/h3-7,13H,8-11H2,1-2H3,(H2,17,21). The number of morpholine rings is 1. The summed E-state index contributed by atoms with van der Waals surface area (Å²) in [5.74, 6) is -0.459. The van der Waals surface area contributed by atoms with Crippen LogP contribution in [0.15, 0.2) is 30.3 Å². The average Bonchev–Trinajstić information content (AvgIpc) is 2.44. The van der Waals surface area contributed by atoms with Gasteiger partial charge in [-0.3, -0.25) is 4.79 Å². The average molecular weight is 306 g/mol. The molecule has 114 valence electrons. The summed E-state index contributed by atoms with van der Waals surface area (Å²) in [6.07, 6.45) is 0.544. The molecule has 2 N–H and O–H groups in total. The molecule has 0 radical (unpaired) electrons. The molecule has 0 saturated carbocycles. The Morgan fingerprint density at radius 2 is 2.10 bits per heavy atom. The number of thiocarbonyl (C=S) groups is 1. The number of rotatable bonds is 4. The third-order valence-electron chi connectivity index (χ3n) is 3.84. The lowest BCUT2D eigenvalue weighted by atomic mass is 9.94. The normalized spacial score (nSPS) is 19.0. The second-order valence-electron chi connectivity index (χ2n) is 6.00. The Hall–Kier alpha value is -1.46. The van der Waals surface area contributed by atoms with Crippen LogP contribution in [0.4, 0.5) is 0 Å². The molecule has 1 heterocycles. The molecule has 0 aromatic heterocycles. The van der Waals surface area contributed by atoms with Crippen LogP contribution in [0.25, 0.3) is 0 Å². The van der Waals surface area contributed by atoms with E-state index in [0.717, 1.165) is 5.56 Å². The molecule has 2 rings (SSSR count).